The van der Waals surface area contributed by atoms with Gasteiger partial charge in [-0.3, -0.25) is 0 Å². The molecule has 2 rings (SSSR count). The topological polar surface area (TPSA) is 46.5 Å². The SMILES string of the molecule is CCOC(=O)C(F)C(O)c1ccc(-c2ccccc2)cc1. The highest BCUT2D eigenvalue weighted by atomic mass is 19.1. The normalized spacial score (nSPS) is 13.5. The molecular weight excluding hydrogens is 271 g/mol. The standard InChI is InChI=1S/C17H17FO3/c1-2-21-17(20)15(18)16(19)14-10-8-13(9-11-14)12-6-4-3-5-7-12/h3-11,15-16,19H,2H2,1H3. The zero-order valence-electron chi connectivity index (χ0n) is 11.7. The maximum absolute atomic E-state index is 13.8. The van der Waals surface area contributed by atoms with E-state index in [9.17, 15) is 14.3 Å². The second kappa shape index (κ2) is 6.99. The number of benzene rings is 2. The number of aliphatic hydroxyl groups is 1. The summed E-state index contributed by atoms with van der Waals surface area (Å²) in [4.78, 5) is 11.3. The van der Waals surface area contributed by atoms with E-state index in [2.05, 4.69) is 4.74 Å². The van der Waals surface area contributed by atoms with Gasteiger partial charge < -0.3 is 9.84 Å². The Morgan fingerprint density at radius 3 is 2.24 bits per heavy atom. The molecule has 0 aromatic heterocycles. The highest BCUT2D eigenvalue weighted by Gasteiger charge is 2.28. The number of alkyl halides is 1. The molecule has 0 aliphatic rings. The maximum atomic E-state index is 13.8. The second-order valence-electron chi connectivity index (χ2n) is 4.59. The number of carbonyl (C=O) groups excluding carboxylic acids is 1. The summed E-state index contributed by atoms with van der Waals surface area (Å²) in [6.45, 7) is 1.67. The summed E-state index contributed by atoms with van der Waals surface area (Å²) in [5.74, 6) is -1.04. The smallest absolute Gasteiger partial charge is 0.343 e. The summed E-state index contributed by atoms with van der Waals surface area (Å²) >= 11 is 0. The third-order valence-corrected chi connectivity index (χ3v) is 3.15. The molecule has 2 unspecified atom stereocenters. The first kappa shape index (κ1) is 15.2. The van der Waals surface area contributed by atoms with E-state index in [0.29, 0.717) is 5.56 Å². The van der Waals surface area contributed by atoms with Gasteiger partial charge in [0.1, 0.15) is 6.10 Å². The summed E-state index contributed by atoms with van der Waals surface area (Å²) in [6.07, 6.45) is -3.60. The first-order chi connectivity index (χ1) is 10.1. The Morgan fingerprint density at radius 2 is 1.67 bits per heavy atom. The van der Waals surface area contributed by atoms with Crippen molar-refractivity contribution in [2.45, 2.75) is 19.2 Å². The highest BCUT2D eigenvalue weighted by Crippen LogP contribution is 2.24. The molecule has 21 heavy (non-hydrogen) atoms. The van der Waals surface area contributed by atoms with E-state index < -0.39 is 18.2 Å². The second-order valence-corrected chi connectivity index (χ2v) is 4.59. The molecule has 0 aliphatic heterocycles. The van der Waals surface area contributed by atoms with Gasteiger partial charge in [-0.25, -0.2) is 9.18 Å². The van der Waals surface area contributed by atoms with E-state index in [1.807, 2.05) is 30.3 Å². The molecule has 2 atom stereocenters. The van der Waals surface area contributed by atoms with E-state index in [1.165, 1.54) is 0 Å². The van der Waals surface area contributed by atoms with Crippen LogP contribution in [0.5, 0.6) is 0 Å². The lowest BCUT2D eigenvalue weighted by molar-refractivity contribution is -0.153. The quantitative estimate of drug-likeness (QED) is 0.859. The summed E-state index contributed by atoms with van der Waals surface area (Å²) in [5, 5.41) is 9.87. The van der Waals surface area contributed by atoms with Crippen LogP contribution in [0.3, 0.4) is 0 Å². The number of hydrogen-bond acceptors (Lipinski definition) is 3. The van der Waals surface area contributed by atoms with Crippen molar-refractivity contribution in [2.24, 2.45) is 0 Å². The van der Waals surface area contributed by atoms with Crippen LogP contribution < -0.4 is 0 Å². The van der Waals surface area contributed by atoms with Gasteiger partial charge in [-0.1, -0.05) is 54.6 Å². The minimum absolute atomic E-state index is 0.0823. The van der Waals surface area contributed by atoms with Crippen molar-refractivity contribution in [2.75, 3.05) is 6.61 Å². The molecule has 0 radical (unpaired) electrons. The monoisotopic (exact) mass is 288 g/mol. The zero-order chi connectivity index (χ0) is 15.2. The molecular formula is C17H17FO3. The van der Waals surface area contributed by atoms with Crippen molar-refractivity contribution in [1.29, 1.82) is 0 Å². The summed E-state index contributed by atoms with van der Waals surface area (Å²) in [6, 6.07) is 16.5. The van der Waals surface area contributed by atoms with E-state index in [-0.39, 0.29) is 6.61 Å². The Labute approximate surface area is 123 Å². The highest BCUT2D eigenvalue weighted by molar-refractivity contribution is 5.75. The Balaban J connectivity index is 2.13. The number of carbonyl (C=O) groups is 1. The van der Waals surface area contributed by atoms with Crippen LogP contribution in [0.25, 0.3) is 11.1 Å². The van der Waals surface area contributed by atoms with Crippen LogP contribution in [0.2, 0.25) is 0 Å². The Morgan fingerprint density at radius 1 is 1.10 bits per heavy atom. The fourth-order valence-electron chi connectivity index (χ4n) is 2.02. The molecule has 0 bridgehead atoms. The van der Waals surface area contributed by atoms with Gasteiger partial charge in [0, 0.05) is 0 Å². The first-order valence-electron chi connectivity index (χ1n) is 6.77. The molecule has 2 aromatic rings. The van der Waals surface area contributed by atoms with Gasteiger partial charge in [-0.15, -0.1) is 0 Å². The molecule has 110 valence electrons. The molecule has 1 N–H and O–H groups in total. The number of ether oxygens (including phenoxy) is 1. The molecule has 0 fully saturated rings. The van der Waals surface area contributed by atoms with Crippen LogP contribution in [0.1, 0.15) is 18.6 Å². The van der Waals surface area contributed by atoms with Gasteiger partial charge in [0.05, 0.1) is 6.61 Å². The van der Waals surface area contributed by atoms with Crippen molar-refractivity contribution in [3.8, 4) is 11.1 Å². The Bertz CT molecular complexity index is 581. The molecule has 3 nitrogen and oxygen atoms in total. The predicted molar refractivity (Wildman–Crippen MR) is 78.4 cm³/mol. The summed E-state index contributed by atoms with van der Waals surface area (Å²) in [7, 11) is 0. The molecule has 0 aliphatic carbocycles. The molecule has 2 aromatic carbocycles. The minimum atomic E-state index is -2.08. The fourth-order valence-corrected chi connectivity index (χ4v) is 2.02. The Hall–Kier alpha value is -2.20. The minimum Gasteiger partial charge on any atom is -0.464 e. The van der Waals surface area contributed by atoms with Crippen molar-refractivity contribution < 1.29 is 19.0 Å². The van der Waals surface area contributed by atoms with Crippen molar-refractivity contribution in [1.82, 2.24) is 0 Å². The lowest BCUT2D eigenvalue weighted by Crippen LogP contribution is -2.26. The number of aliphatic hydroxyl groups excluding tert-OH is 1. The number of halogens is 1. The first-order valence-corrected chi connectivity index (χ1v) is 6.77. The van der Waals surface area contributed by atoms with Crippen LogP contribution in [0.15, 0.2) is 54.6 Å². The maximum Gasteiger partial charge on any atom is 0.343 e. The average molecular weight is 288 g/mol. The summed E-state index contributed by atoms with van der Waals surface area (Å²) in [5.41, 5.74) is 2.33. The van der Waals surface area contributed by atoms with Gasteiger partial charge in [-0.05, 0) is 23.6 Å². The molecule has 0 spiro atoms. The van der Waals surface area contributed by atoms with Crippen LogP contribution in [0, 0.1) is 0 Å². The third-order valence-electron chi connectivity index (χ3n) is 3.15. The van der Waals surface area contributed by atoms with Crippen molar-refractivity contribution >= 4 is 5.97 Å². The molecule has 0 heterocycles. The van der Waals surface area contributed by atoms with Crippen molar-refractivity contribution in [3.63, 3.8) is 0 Å². The third kappa shape index (κ3) is 3.67. The van der Waals surface area contributed by atoms with Gasteiger partial charge >= 0.3 is 5.97 Å². The molecule has 0 saturated heterocycles. The largest absolute Gasteiger partial charge is 0.464 e. The van der Waals surface area contributed by atoms with Crippen LogP contribution >= 0.6 is 0 Å². The van der Waals surface area contributed by atoms with E-state index in [1.54, 1.807) is 31.2 Å². The van der Waals surface area contributed by atoms with E-state index in [4.69, 9.17) is 0 Å². The van der Waals surface area contributed by atoms with Crippen LogP contribution in [0.4, 0.5) is 4.39 Å². The average Bonchev–Trinajstić information content (AvgIpc) is 2.54. The Kier molecular flexibility index (Phi) is 5.06. The van der Waals surface area contributed by atoms with Gasteiger partial charge in [-0.2, -0.15) is 0 Å². The van der Waals surface area contributed by atoms with Gasteiger partial charge in [0.2, 0.25) is 6.17 Å². The van der Waals surface area contributed by atoms with Crippen molar-refractivity contribution in [3.05, 3.63) is 60.2 Å². The van der Waals surface area contributed by atoms with Gasteiger partial charge in [0.15, 0.2) is 0 Å². The van der Waals surface area contributed by atoms with Crippen LogP contribution in [-0.4, -0.2) is 23.9 Å². The number of rotatable bonds is 5. The molecule has 0 amide bonds. The van der Waals surface area contributed by atoms with Crippen LogP contribution in [-0.2, 0) is 9.53 Å². The lowest BCUT2D eigenvalue weighted by atomic mass is 10.00. The molecule has 4 heteroatoms. The lowest BCUT2D eigenvalue weighted by Gasteiger charge is -2.15. The number of hydrogen-bond donors (Lipinski definition) is 1. The van der Waals surface area contributed by atoms with E-state index >= 15 is 0 Å². The van der Waals surface area contributed by atoms with E-state index in [0.717, 1.165) is 11.1 Å². The predicted octanol–water partition coefficient (Wildman–Crippen LogP) is 3.29. The van der Waals surface area contributed by atoms with Gasteiger partial charge in [0.25, 0.3) is 0 Å². The summed E-state index contributed by atoms with van der Waals surface area (Å²) < 4.78 is 18.3. The fraction of sp³-hybridized carbons (Fsp3) is 0.235. The number of esters is 1. The zero-order valence-corrected chi connectivity index (χ0v) is 11.7. The molecule has 0 saturated carbocycles.